The van der Waals surface area contributed by atoms with Crippen LogP contribution in [0.3, 0.4) is 0 Å². The molecule has 1 heterocycles. The van der Waals surface area contributed by atoms with Gasteiger partial charge in [-0.2, -0.15) is 0 Å². The molecule has 0 aliphatic heterocycles. The Morgan fingerprint density at radius 3 is 2.72 bits per heavy atom. The molecule has 18 heavy (non-hydrogen) atoms. The number of nitrogens with zero attached hydrogens (tertiary/aromatic N) is 1. The zero-order chi connectivity index (χ0) is 13.0. The topological polar surface area (TPSA) is 36.1 Å². The van der Waals surface area contributed by atoms with Crippen LogP contribution in [0.15, 0.2) is 30.3 Å². The zero-order valence-corrected chi connectivity index (χ0v) is 11.1. The van der Waals surface area contributed by atoms with Crippen LogP contribution in [0.2, 0.25) is 0 Å². The van der Waals surface area contributed by atoms with E-state index >= 15 is 0 Å². The van der Waals surface area contributed by atoms with Gasteiger partial charge < -0.3 is 9.88 Å². The van der Waals surface area contributed by atoms with E-state index in [9.17, 15) is 4.79 Å². The minimum atomic E-state index is 0.0992. The molecule has 0 saturated heterocycles. The molecule has 0 fully saturated rings. The number of hydrogen-bond donors (Lipinski definition) is 1. The average Bonchev–Trinajstić information content (AvgIpc) is 2.83. The molecule has 1 aromatic heterocycles. The van der Waals surface area contributed by atoms with Crippen LogP contribution in [-0.4, -0.2) is 28.9 Å². The molecule has 0 radical (unpaired) electrons. The lowest BCUT2D eigenvalue weighted by atomic mass is 10.2. The molecule has 0 saturated carbocycles. The second-order valence-corrected chi connectivity index (χ2v) is 4.51. The monoisotopic (exact) mass is 244 g/mol. The third-order valence-electron chi connectivity index (χ3n) is 3.21. The van der Waals surface area contributed by atoms with Gasteiger partial charge in [-0.25, -0.2) is 0 Å². The van der Waals surface area contributed by atoms with Crippen LogP contribution < -0.4 is 0 Å². The molecule has 0 aliphatic rings. The third-order valence-corrected chi connectivity index (χ3v) is 3.21. The first-order valence-electron chi connectivity index (χ1n) is 6.63. The molecule has 0 bridgehead atoms. The van der Waals surface area contributed by atoms with E-state index in [0.29, 0.717) is 5.69 Å². The van der Waals surface area contributed by atoms with Crippen molar-refractivity contribution in [1.82, 2.24) is 9.88 Å². The lowest BCUT2D eigenvalue weighted by molar-refractivity contribution is 0.0757. The van der Waals surface area contributed by atoms with Crippen molar-refractivity contribution in [2.75, 3.05) is 13.1 Å². The van der Waals surface area contributed by atoms with Crippen molar-refractivity contribution in [3.05, 3.63) is 36.0 Å². The number of aromatic nitrogens is 1. The summed E-state index contributed by atoms with van der Waals surface area (Å²) < 4.78 is 0. The number of hydrogen-bond acceptors (Lipinski definition) is 1. The summed E-state index contributed by atoms with van der Waals surface area (Å²) in [7, 11) is 0. The number of rotatable bonds is 5. The molecule has 3 heteroatoms. The predicted octanol–water partition coefficient (Wildman–Crippen LogP) is 3.43. The molecule has 0 atom stereocenters. The van der Waals surface area contributed by atoms with Crippen LogP contribution >= 0.6 is 0 Å². The van der Waals surface area contributed by atoms with E-state index in [1.165, 1.54) is 0 Å². The molecule has 96 valence electrons. The Bertz CT molecular complexity index is 497. The van der Waals surface area contributed by atoms with Crippen molar-refractivity contribution in [1.29, 1.82) is 0 Å². The smallest absolute Gasteiger partial charge is 0.270 e. The molecule has 1 aromatic carbocycles. The van der Waals surface area contributed by atoms with Gasteiger partial charge in [0.05, 0.1) is 0 Å². The van der Waals surface area contributed by atoms with Crippen molar-refractivity contribution in [2.24, 2.45) is 0 Å². The van der Waals surface area contributed by atoms with Crippen molar-refractivity contribution in [2.45, 2.75) is 26.7 Å². The number of amides is 1. The number of carbonyl (C=O) groups excluding carboxylic acids is 1. The molecule has 1 amide bonds. The van der Waals surface area contributed by atoms with Gasteiger partial charge in [0, 0.05) is 24.0 Å². The zero-order valence-electron chi connectivity index (χ0n) is 11.1. The first-order chi connectivity index (χ1) is 8.76. The molecule has 2 rings (SSSR count). The van der Waals surface area contributed by atoms with Crippen molar-refractivity contribution < 1.29 is 4.79 Å². The summed E-state index contributed by atoms with van der Waals surface area (Å²) >= 11 is 0. The van der Waals surface area contributed by atoms with Crippen molar-refractivity contribution >= 4 is 16.8 Å². The first-order valence-corrected chi connectivity index (χ1v) is 6.63. The maximum absolute atomic E-state index is 12.3. The molecule has 0 aliphatic carbocycles. The van der Waals surface area contributed by atoms with Gasteiger partial charge >= 0.3 is 0 Å². The van der Waals surface area contributed by atoms with Gasteiger partial charge in [0.15, 0.2) is 0 Å². The van der Waals surface area contributed by atoms with Crippen molar-refractivity contribution in [3.63, 3.8) is 0 Å². The maximum atomic E-state index is 12.3. The van der Waals surface area contributed by atoms with Gasteiger partial charge in [-0.3, -0.25) is 4.79 Å². The molecule has 2 aromatic rings. The molecule has 3 nitrogen and oxygen atoms in total. The highest BCUT2D eigenvalue weighted by atomic mass is 16.2. The third kappa shape index (κ3) is 2.55. The number of fused-ring (bicyclic) bond motifs is 1. The van der Waals surface area contributed by atoms with E-state index in [2.05, 4.69) is 11.9 Å². The Hall–Kier alpha value is -1.77. The number of para-hydroxylation sites is 1. The second-order valence-electron chi connectivity index (χ2n) is 4.51. The van der Waals surface area contributed by atoms with Crippen LogP contribution in [0.5, 0.6) is 0 Å². The Morgan fingerprint density at radius 2 is 2.06 bits per heavy atom. The molecule has 1 N–H and O–H groups in total. The average molecular weight is 244 g/mol. The fourth-order valence-electron chi connectivity index (χ4n) is 2.11. The fourth-order valence-corrected chi connectivity index (χ4v) is 2.11. The summed E-state index contributed by atoms with van der Waals surface area (Å²) in [6.07, 6.45) is 2.16. The quantitative estimate of drug-likeness (QED) is 0.859. The first kappa shape index (κ1) is 12.7. The fraction of sp³-hybridized carbons (Fsp3) is 0.400. The number of benzene rings is 1. The van der Waals surface area contributed by atoms with Gasteiger partial charge in [0.25, 0.3) is 5.91 Å². The highest BCUT2D eigenvalue weighted by Gasteiger charge is 2.15. The number of unbranched alkanes of at least 4 members (excludes halogenated alkanes) is 1. The van der Waals surface area contributed by atoms with Crippen LogP contribution in [0.4, 0.5) is 0 Å². The summed E-state index contributed by atoms with van der Waals surface area (Å²) in [6, 6.07) is 9.91. The van der Waals surface area contributed by atoms with Gasteiger partial charge in [0.2, 0.25) is 0 Å². The number of H-pyrrole nitrogens is 1. The van der Waals surface area contributed by atoms with E-state index in [0.717, 1.165) is 36.8 Å². The normalized spacial score (nSPS) is 10.8. The van der Waals surface area contributed by atoms with Crippen LogP contribution in [-0.2, 0) is 0 Å². The molecular formula is C15H20N2O. The summed E-state index contributed by atoms with van der Waals surface area (Å²) in [6.45, 7) is 5.76. The van der Waals surface area contributed by atoms with Gasteiger partial charge in [0.1, 0.15) is 5.69 Å². The van der Waals surface area contributed by atoms with Gasteiger partial charge in [-0.1, -0.05) is 31.5 Å². The Balaban J connectivity index is 2.21. The van der Waals surface area contributed by atoms with E-state index in [-0.39, 0.29) is 5.91 Å². The molecule has 0 spiro atoms. The van der Waals surface area contributed by atoms with Crippen LogP contribution in [0, 0.1) is 0 Å². The molecule has 0 unspecified atom stereocenters. The minimum absolute atomic E-state index is 0.0992. The summed E-state index contributed by atoms with van der Waals surface area (Å²) in [5, 5.41) is 1.09. The van der Waals surface area contributed by atoms with Crippen molar-refractivity contribution in [3.8, 4) is 0 Å². The van der Waals surface area contributed by atoms with E-state index in [1.807, 2.05) is 42.2 Å². The SMILES string of the molecule is CCCCN(CC)C(=O)c1cc2ccccc2[nH]1. The van der Waals surface area contributed by atoms with E-state index < -0.39 is 0 Å². The predicted molar refractivity (Wildman–Crippen MR) is 74.8 cm³/mol. The number of carbonyl (C=O) groups is 1. The van der Waals surface area contributed by atoms with Crippen LogP contribution in [0.25, 0.3) is 10.9 Å². The Kier molecular flexibility index (Phi) is 4.03. The lowest BCUT2D eigenvalue weighted by Gasteiger charge is -2.19. The number of aromatic amines is 1. The van der Waals surface area contributed by atoms with Crippen LogP contribution in [0.1, 0.15) is 37.2 Å². The lowest BCUT2D eigenvalue weighted by Crippen LogP contribution is -2.31. The number of nitrogens with one attached hydrogen (secondary N) is 1. The van der Waals surface area contributed by atoms with Gasteiger partial charge in [-0.05, 0) is 25.5 Å². The Labute approximate surface area is 108 Å². The second kappa shape index (κ2) is 5.71. The Morgan fingerprint density at radius 1 is 1.28 bits per heavy atom. The maximum Gasteiger partial charge on any atom is 0.270 e. The standard InChI is InChI=1S/C15H20N2O/c1-3-5-10-17(4-2)15(18)14-11-12-8-6-7-9-13(12)16-14/h6-9,11,16H,3-5,10H2,1-2H3. The molecular weight excluding hydrogens is 224 g/mol. The summed E-state index contributed by atoms with van der Waals surface area (Å²) in [5.41, 5.74) is 1.71. The van der Waals surface area contributed by atoms with E-state index in [4.69, 9.17) is 0 Å². The largest absolute Gasteiger partial charge is 0.351 e. The van der Waals surface area contributed by atoms with E-state index in [1.54, 1.807) is 0 Å². The summed E-state index contributed by atoms with van der Waals surface area (Å²) in [5.74, 6) is 0.0992. The highest BCUT2D eigenvalue weighted by Crippen LogP contribution is 2.16. The van der Waals surface area contributed by atoms with Gasteiger partial charge in [-0.15, -0.1) is 0 Å². The minimum Gasteiger partial charge on any atom is -0.351 e. The highest BCUT2D eigenvalue weighted by molar-refractivity contribution is 5.97. The summed E-state index contributed by atoms with van der Waals surface area (Å²) in [4.78, 5) is 17.4.